The summed E-state index contributed by atoms with van der Waals surface area (Å²) in [7, 11) is 2.01. The summed E-state index contributed by atoms with van der Waals surface area (Å²) in [5, 5.41) is 7.51. The van der Waals surface area contributed by atoms with Crippen LogP contribution in [0, 0.1) is 13.8 Å². The molecule has 1 N–H and O–H groups in total. The van der Waals surface area contributed by atoms with E-state index in [1.807, 2.05) is 98.4 Å². The van der Waals surface area contributed by atoms with E-state index in [9.17, 15) is 4.79 Å². The Bertz CT molecular complexity index is 1460. The fourth-order valence-corrected chi connectivity index (χ4v) is 4.13. The van der Waals surface area contributed by atoms with Gasteiger partial charge in [-0.25, -0.2) is 4.98 Å². The Morgan fingerprint density at radius 1 is 0.939 bits per heavy atom. The SMILES string of the molecule is Cc1cc(C)n(Cc2cccc(C(=O)Nc3ccc(-c4nc5ccccc5n4C)cc3)c2)n1. The van der Waals surface area contributed by atoms with Crippen LogP contribution >= 0.6 is 0 Å². The van der Waals surface area contributed by atoms with Gasteiger partial charge in [0.15, 0.2) is 0 Å². The first kappa shape index (κ1) is 20.7. The molecule has 0 saturated carbocycles. The van der Waals surface area contributed by atoms with E-state index >= 15 is 0 Å². The van der Waals surface area contributed by atoms with E-state index in [0.717, 1.165) is 45.1 Å². The van der Waals surface area contributed by atoms with Crippen LogP contribution in [0.5, 0.6) is 0 Å². The zero-order valence-electron chi connectivity index (χ0n) is 18.9. The molecule has 6 heteroatoms. The maximum Gasteiger partial charge on any atom is 0.255 e. The van der Waals surface area contributed by atoms with Crippen LogP contribution in [-0.4, -0.2) is 25.2 Å². The van der Waals surface area contributed by atoms with Crippen LogP contribution < -0.4 is 5.32 Å². The highest BCUT2D eigenvalue weighted by Gasteiger charge is 2.11. The van der Waals surface area contributed by atoms with Crippen molar-refractivity contribution in [1.29, 1.82) is 0 Å². The monoisotopic (exact) mass is 435 g/mol. The van der Waals surface area contributed by atoms with Gasteiger partial charge >= 0.3 is 0 Å². The molecule has 33 heavy (non-hydrogen) atoms. The number of anilines is 1. The third kappa shape index (κ3) is 4.15. The Hall–Kier alpha value is -4.19. The number of nitrogens with zero attached hydrogens (tertiary/aromatic N) is 4. The van der Waals surface area contributed by atoms with Gasteiger partial charge in [0.05, 0.1) is 23.3 Å². The number of carbonyl (C=O) groups excluding carboxylic acids is 1. The van der Waals surface area contributed by atoms with E-state index in [1.165, 1.54) is 0 Å². The van der Waals surface area contributed by atoms with Crippen molar-refractivity contribution in [3.05, 3.63) is 101 Å². The summed E-state index contributed by atoms with van der Waals surface area (Å²) in [5.74, 6) is 0.756. The number of fused-ring (bicyclic) bond motifs is 1. The molecule has 0 aliphatic carbocycles. The standard InChI is InChI=1S/C27H25N5O/c1-18-15-19(2)32(30-18)17-20-7-6-8-22(16-20)27(33)28-23-13-11-21(12-14-23)26-29-24-9-4-5-10-25(24)31(26)3/h4-16H,17H2,1-3H3,(H,28,33). The normalized spacial score (nSPS) is 11.1. The number of benzene rings is 3. The number of rotatable bonds is 5. The topological polar surface area (TPSA) is 64.7 Å². The molecular formula is C27H25N5O. The van der Waals surface area contributed by atoms with Crippen molar-refractivity contribution in [2.75, 3.05) is 5.32 Å². The number of para-hydroxylation sites is 2. The summed E-state index contributed by atoms with van der Waals surface area (Å²) in [5.41, 5.74) is 7.54. The van der Waals surface area contributed by atoms with E-state index in [1.54, 1.807) is 0 Å². The van der Waals surface area contributed by atoms with Crippen LogP contribution in [0.1, 0.15) is 27.3 Å². The third-order valence-electron chi connectivity index (χ3n) is 5.81. The van der Waals surface area contributed by atoms with Crippen LogP contribution in [0.4, 0.5) is 5.69 Å². The third-order valence-corrected chi connectivity index (χ3v) is 5.81. The molecule has 0 atom stereocenters. The number of imidazole rings is 1. The summed E-state index contributed by atoms with van der Waals surface area (Å²) < 4.78 is 4.03. The average molecular weight is 436 g/mol. The molecule has 0 aliphatic rings. The van der Waals surface area contributed by atoms with E-state index in [0.29, 0.717) is 12.1 Å². The summed E-state index contributed by atoms with van der Waals surface area (Å²) >= 11 is 0. The lowest BCUT2D eigenvalue weighted by Crippen LogP contribution is -2.13. The molecule has 0 saturated heterocycles. The first-order valence-electron chi connectivity index (χ1n) is 10.9. The largest absolute Gasteiger partial charge is 0.327 e. The second kappa shape index (κ2) is 8.39. The molecule has 5 aromatic rings. The molecular weight excluding hydrogens is 410 g/mol. The van der Waals surface area contributed by atoms with Gasteiger partial charge in [0.1, 0.15) is 5.82 Å². The predicted octanol–water partition coefficient (Wildman–Crippen LogP) is 5.35. The van der Waals surface area contributed by atoms with Gasteiger partial charge < -0.3 is 9.88 Å². The molecule has 0 fully saturated rings. The zero-order valence-corrected chi connectivity index (χ0v) is 18.9. The maximum atomic E-state index is 12.9. The quantitative estimate of drug-likeness (QED) is 0.404. The summed E-state index contributed by atoms with van der Waals surface area (Å²) in [6.07, 6.45) is 0. The van der Waals surface area contributed by atoms with Crippen molar-refractivity contribution >= 4 is 22.6 Å². The second-order valence-electron chi connectivity index (χ2n) is 8.30. The molecule has 2 heterocycles. The van der Waals surface area contributed by atoms with Gasteiger partial charge in [0, 0.05) is 29.6 Å². The number of amides is 1. The highest BCUT2D eigenvalue weighted by molar-refractivity contribution is 6.04. The molecule has 0 radical (unpaired) electrons. The minimum absolute atomic E-state index is 0.138. The minimum Gasteiger partial charge on any atom is -0.327 e. The minimum atomic E-state index is -0.138. The predicted molar refractivity (Wildman–Crippen MR) is 131 cm³/mol. The lowest BCUT2D eigenvalue weighted by Gasteiger charge is -2.09. The molecule has 2 aromatic heterocycles. The Morgan fingerprint density at radius 3 is 2.45 bits per heavy atom. The summed E-state index contributed by atoms with van der Waals surface area (Å²) in [6, 6.07) is 25.6. The first-order valence-corrected chi connectivity index (χ1v) is 10.9. The van der Waals surface area contributed by atoms with Gasteiger partial charge in [-0.3, -0.25) is 9.48 Å². The number of carbonyl (C=O) groups is 1. The lowest BCUT2D eigenvalue weighted by molar-refractivity contribution is 0.102. The van der Waals surface area contributed by atoms with Crippen LogP contribution in [-0.2, 0) is 13.6 Å². The van der Waals surface area contributed by atoms with Gasteiger partial charge in [-0.1, -0.05) is 24.3 Å². The molecule has 0 aliphatic heterocycles. The van der Waals surface area contributed by atoms with Gasteiger partial charge in [0.2, 0.25) is 0 Å². The van der Waals surface area contributed by atoms with E-state index in [2.05, 4.69) is 21.0 Å². The number of hydrogen-bond acceptors (Lipinski definition) is 3. The molecule has 0 unspecified atom stereocenters. The van der Waals surface area contributed by atoms with Crippen LogP contribution in [0.3, 0.4) is 0 Å². The van der Waals surface area contributed by atoms with Crippen LogP contribution in [0.15, 0.2) is 78.9 Å². The number of aromatic nitrogens is 4. The van der Waals surface area contributed by atoms with Crippen LogP contribution in [0.25, 0.3) is 22.4 Å². The van der Waals surface area contributed by atoms with Crippen molar-refractivity contribution in [3.63, 3.8) is 0 Å². The zero-order chi connectivity index (χ0) is 22.9. The molecule has 164 valence electrons. The van der Waals surface area contributed by atoms with Crippen molar-refractivity contribution in [3.8, 4) is 11.4 Å². The van der Waals surface area contributed by atoms with Gasteiger partial charge in [0.25, 0.3) is 5.91 Å². The fraction of sp³-hybridized carbons (Fsp3) is 0.148. The van der Waals surface area contributed by atoms with Gasteiger partial charge in [-0.2, -0.15) is 5.10 Å². The van der Waals surface area contributed by atoms with E-state index < -0.39 is 0 Å². The Balaban J connectivity index is 1.32. The Morgan fingerprint density at radius 2 is 1.73 bits per heavy atom. The molecule has 5 rings (SSSR count). The maximum absolute atomic E-state index is 12.9. The fourth-order valence-electron chi connectivity index (χ4n) is 4.13. The highest BCUT2D eigenvalue weighted by atomic mass is 16.1. The van der Waals surface area contributed by atoms with Crippen molar-refractivity contribution in [1.82, 2.24) is 19.3 Å². The first-order chi connectivity index (χ1) is 16.0. The Kier molecular flexibility index (Phi) is 5.26. The van der Waals surface area contributed by atoms with Crippen LogP contribution in [0.2, 0.25) is 0 Å². The van der Waals surface area contributed by atoms with Gasteiger partial charge in [-0.05, 0) is 74.0 Å². The van der Waals surface area contributed by atoms with Gasteiger partial charge in [-0.15, -0.1) is 0 Å². The van der Waals surface area contributed by atoms with Crippen molar-refractivity contribution in [2.45, 2.75) is 20.4 Å². The number of aryl methyl sites for hydroxylation is 3. The summed E-state index contributed by atoms with van der Waals surface area (Å²) in [6.45, 7) is 4.65. The van der Waals surface area contributed by atoms with Crippen molar-refractivity contribution < 1.29 is 4.79 Å². The molecule has 6 nitrogen and oxygen atoms in total. The summed E-state index contributed by atoms with van der Waals surface area (Å²) in [4.78, 5) is 17.6. The lowest BCUT2D eigenvalue weighted by atomic mass is 10.1. The van der Waals surface area contributed by atoms with E-state index in [4.69, 9.17) is 4.98 Å². The van der Waals surface area contributed by atoms with E-state index in [-0.39, 0.29) is 5.91 Å². The molecule has 1 amide bonds. The molecule has 0 spiro atoms. The number of nitrogens with one attached hydrogen (secondary N) is 1. The average Bonchev–Trinajstić information content (AvgIpc) is 3.32. The Labute approximate surface area is 192 Å². The highest BCUT2D eigenvalue weighted by Crippen LogP contribution is 2.25. The second-order valence-corrected chi connectivity index (χ2v) is 8.30. The molecule has 0 bridgehead atoms. The number of hydrogen-bond donors (Lipinski definition) is 1. The molecule has 3 aromatic carbocycles. The van der Waals surface area contributed by atoms with Crippen molar-refractivity contribution in [2.24, 2.45) is 7.05 Å². The smallest absolute Gasteiger partial charge is 0.255 e.